The Bertz CT molecular complexity index is 988. The molecule has 182 valence electrons. The number of imidazole rings is 1. The van der Waals surface area contributed by atoms with Crippen molar-refractivity contribution in [2.45, 2.75) is 64.8 Å². The van der Waals surface area contributed by atoms with E-state index in [1.54, 1.807) is 24.7 Å². The van der Waals surface area contributed by atoms with Gasteiger partial charge in [-0.3, -0.25) is 9.59 Å². The van der Waals surface area contributed by atoms with Gasteiger partial charge >= 0.3 is 0 Å². The van der Waals surface area contributed by atoms with Crippen LogP contribution in [0.3, 0.4) is 0 Å². The lowest BCUT2D eigenvalue weighted by Crippen LogP contribution is -2.37. The van der Waals surface area contributed by atoms with E-state index in [4.69, 9.17) is 0 Å². The number of hydrogen-bond donors (Lipinski definition) is 2. The zero-order valence-corrected chi connectivity index (χ0v) is 20.6. The van der Waals surface area contributed by atoms with Gasteiger partial charge in [-0.05, 0) is 80.7 Å². The molecule has 1 amide bonds. The van der Waals surface area contributed by atoms with Crippen molar-refractivity contribution in [2.24, 2.45) is 11.8 Å². The number of fused-ring (bicyclic) bond motifs is 1. The summed E-state index contributed by atoms with van der Waals surface area (Å²) < 4.78 is 0. The molecular formula is C28H38N4O2. The van der Waals surface area contributed by atoms with Crippen molar-refractivity contribution in [1.29, 1.82) is 0 Å². The maximum absolute atomic E-state index is 12.4. The molecule has 4 rings (SSSR count). The lowest BCUT2D eigenvalue weighted by molar-refractivity contribution is -0.117. The Morgan fingerprint density at radius 2 is 1.91 bits per heavy atom. The van der Waals surface area contributed by atoms with Crippen molar-refractivity contribution in [1.82, 2.24) is 20.2 Å². The fourth-order valence-corrected chi connectivity index (χ4v) is 5.22. The van der Waals surface area contributed by atoms with E-state index in [1.807, 2.05) is 19.9 Å². The third-order valence-electron chi connectivity index (χ3n) is 7.38. The minimum Gasteiger partial charge on any atom is -0.351 e. The molecule has 0 unspecified atom stereocenters. The molecular weight excluding hydrogens is 424 g/mol. The minimum atomic E-state index is -0.0335. The number of nitrogens with one attached hydrogen (secondary N) is 2. The fourth-order valence-electron chi connectivity index (χ4n) is 5.22. The monoisotopic (exact) mass is 462 g/mol. The van der Waals surface area contributed by atoms with E-state index in [1.165, 1.54) is 30.4 Å². The number of amides is 1. The number of aromatic amines is 1. The van der Waals surface area contributed by atoms with Gasteiger partial charge in [0.2, 0.25) is 5.91 Å². The first-order chi connectivity index (χ1) is 16.5. The molecule has 1 fully saturated rings. The zero-order valence-electron chi connectivity index (χ0n) is 20.6. The quantitative estimate of drug-likeness (QED) is 0.449. The number of Topliss-reactive ketones (excluding diaryl/α,β-unsaturated/α-hetero) is 1. The van der Waals surface area contributed by atoms with Gasteiger partial charge in [0.15, 0.2) is 5.78 Å². The van der Waals surface area contributed by atoms with E-state index in [-0.39, 0.29) is 23.7 Å². The summed E-state index contributed by atoms with van der Waals surface area (Å²) in [6.07, 6.45) is 14.5. The maximum atomic E-state index is 12.4. The van der Waals surface area contributed by atoms with Gasteiger partial charge < -0.3 is 15.2 Å². The number of aromatic nitrogens is 2. The van der Waals surface area contributed by atoms with E-state index in [0.717, 1.165) is 62.5 Å². The second kappa shape index (κ2) is 11.6. The first-order valence-corrected chi connectivity index (χ1v) is 12.8. The van der Waals surface area contributed by atoms with E-state index in [9.17, 15) is 9.59 Å². The second-order valence-corrected chi connectivity index (χ2v) is 10.2. The predicted octanol–water partition coefficient (Wildman–Crippen LogP) is 4.43. The Morgan fingerprint density at radius 1 is 1.15 bits per heavy atom. The molecule has 1 aliphatic carbocycles. The largest absolute Gasteiger partial charge is 0.351 e. The minimum absolute atomic E-state index is 0.0335. The molecule has 1 aromatic heterocycles. The molecule has 2 aromatic rings. The second-order valence-electron chi connectivity index (χ2n) is 10.2. The van der Waals surface area contributed by atoms with E-state index in [0.29, 0.717) is 0 Å². The number of carbonyl (C=O) groups excluding carboxylic acids is 2. The van der Waals surface area contributed by atoms with Crippen molar-refractivity contribution in [3.05, 3.63) is 59.2 Å². The van der Waals surface area contributed by atoms with Crippen LogP contribution in [-0.4, -0.2) is 52.2 Å². The molecule has 0 radical (unpaired) electrons. The Labute approximate surface area is 203 Å². The van der Waals surface area contributed by atoms with Crippen LogP contribution in [-0.2, 0) is 17.6 Å². The lowest BCUT2D eigenvalue weighted by atomic mass is 9.84. The van der Waals surface area contributed by atoms with E-state index < -0.39 is 0 Å². The van der Waals surface area contributed by atoms with E-state index >= 15 is 0 Å². The number of hydrogen-bond acceptors (Lipinski definition) is 4. The molecule has 0 atom stereocenters. The van der Waals surface area contributed by atoms with Crippen LogP contribution in [0.25, 0.3) is 6.08 Å². The zero-order chi connectivity index (χ0) is 23.9. The van der Waals surface area contributed by atoms with Crippen molar-refractivity contribution in [3.8, 4) is 0 Å². The highest BCUT2D eigenvalue weighted by Gasteiger charge is 2.23. The molecule has 2 N–H and O–H groups in total. The van der Waals surface area contributed by atoms with Crippen LogP contribution < -0.4 is 5.32 Å². The van der Waals surface area contributed by atoms with Gasteiger partial charge in [0, 0.05) is 42.9 Å². The van der Waals surface area contributed by atoms with E-state index in [2.05, 4.69) is 32.3 Å². The number of ketones is 1. The molecule has 0 spiro atoms. The third-order valence-corrected chi connectivity index (χ3v) is 7.38. The highest BCUT2D eigenvalue weighted by atomic mass is 16.1. The van der Waals surface area contributed by atoms with Crippen molar-refractivity contribution in [2.75, 3.05) is 19.6 Å². The summed E-state index contributed by atoms with van der Waals surface area (Å²) in [7, 11) is 0. The normalized spacial score (nSPS) is 21.4. The van der Waals surface area contributed by atoms with Crippen LogP contribution in [0.1, 0.15) is 73.1 Å². The molecule has 6 nitrogen and oxygen atoms in total. The predicted molar refractivity (Wildman–Crippen MR) is 136 cm³/mol. The number of nitrogens with zero attached hydrogens (tertiary/aromatic N) is 2. The Balaban J connectivity index is 1.18. The highest BCUT2D eigenvalue weighted by Crippen LogP contribution is 2.28. The SMILES string of the molecule is CC(C)C(=O)c1ccc2c(c1)CCN(CC[C@H]1CC[C@H](NC(=O)C=Cc3c[nH]cn3)CC1)CC2. The van der Waals surface area contributed by atoms with Crippen molar-refractivity contribution < 1.29 is 9.59 Å². The van der Waals surface area contributed by atoms with Crippen LogP contribution in [0.15, 0.2) is 36.8 Å². The van der Waals surface area contributed by atoms with Gasteiger partial charge in [0.1, 0.15) is 0 Å². The fraction of sp³-hybridized carbons (Fsp3) is 0.536. The van der Waals surface area contributed by atoms with Crippen LogP contribution in [0.2, 0.25) is 0 Å². The first kappa shape index (κ1) is 24.4. The van der Waals surface area contributed by atoms with Crippen molar-refractivity contribution in [3.63, 3.8) is 0 Å². The van der Waals surface area contributed by atoms with Crippen molar-refractivity contribution >= 4 is 17.8 Å². The molecule has 1 saturated carbocycles. The first-order valence-electron chi connectivity index (χ1n) is 12.8. The smallest absolute Gasteiger partial charge is 0.244 e. The van der Waals surface area contributed by atoms with Gasteiger partial charge in [-0.1, -0.05) is 26.0 Å². The number of carbonyl (C=O) groups is 2. The summed E-state index contributed by atoms with van der Waals surface area (Å²) in [4.78, 5) is 34.1. The van der Waals surface area contributed by atoms with Gasteiger partial charge in [-0.25, -0.2) is 4.98 Å². The number of benzene rings is 1. The Morgan fingerprint density at radius 3 is 2.62 bits per heavy atom. The molecule has 6 heteroatoms. The van der Waals surface area contributed by atoms with Crippen LogP contribution in [0.5, 0.6) is 0 Å². The molecule has 0 saturated heterocycles. The standard InChI is InChI=1S/C28H38N4O2/c1-20(2)28(34)24-6-5-22-12-15-32(16-13-23(22)17-24)14-11-21-3-7-25(8-4-21)31-27(33)10-9-26-18-29-19-30-26/h5-6,9-10,17-21,25H,3-4,7-8,11-16H2,1-2H3,(H,29,30)(H,31,33)/t21-,25-. The average molecular weight is 463 g/mol. The summed E-state index contributed by atoms with van der Waals surface area (Å²) in [6, 6.07) is 6.61. The van der Waals surface area contributed by atoms with Gasteiger partial charge in [0.05, 0.1) is 12.0 Å². The topological polar surface area (TPSA) is 78.1 Å². The Kier molecular flexibility index (Phi) is 8.33. The number of rotatable bonds is 8. The van der Waals surface area contributed by atoms with Crippen LogP contribution in [0.4, 0.5) is 0 Å². The maximum Gasteiger partial charge on any atom is 0.244 e. The summed E-state index contributed by atoms with van der Waals surface area (Å²) in [6.45, 7) is 7.24. The summed E-state index contributed by atoms with van der Waals surface area (Å²) in [5.74, 6) is 0.994. The molecule has 2 aliphatic rings. The van der Waals surface area contributed by atoms with Gasteiger partial charge in [0.25, 0.3) is 0 Å². The lowest BCUT2D eigenvalue weighted by Gasteiger charge is -2.30. The van der Waals surface area contributed by atoms with Gasteiger partial charge in [-0.2, -0.15) is 0 Å². The number of H-pyrrole nitrogens is 1. The molecule has 1 aromatic carbocycles. The summed E-state index contributed by atoms with van der Waals surface area (Å²) in [5.41, 5.74) is 4.38. The van der Waals surface area contributed by atoms with Crippen LogP contribution >= 0.6 is 0 Å². The Hall–Kier alpha value is -2.73. The molecule has 0 bridgehead atoms. The third kappa shape index (κ3) is 6.66. The summed E-state index contributed by atoms with van der Waals surface area (Å²) in [5, 5.41) is 3.15. The molecule has 1 aliphatic heterocycles. The van der Waals surface area contributed by atoms with Gasteiger partial charge in [-0.15, -0.1) is 0 Å². The van der Waals surface area contributed by atoms with Crippen LogP contribution in [0, 0.1) is 11.8 Å². The highest BCUT2D eigenvalue weighted by molar-refractivity contribution is 5.97. The molecule has 2 heterocycles. The summed E-state index contributed by atoms with van der Waals surface area (Å²) >= 11 is 0. The average Bonchev–Trinajstić information content (AvgIpc) is 3.28. The molecule has 34 heavy (non-hydrogen) atoms.